The molecule has 3 aromatic rings. The van der Waals surface area contributed by atoms with Crippen molar-refractivity contribution in [3.8, 4) is 0 Å². The normalized spacial score (nSPS) is 10.8. The van der Waals surface area contributed by atoms with Crippen molar-refractivity contribution in [3.63, 3.8) is 0 Å². The second-order valence-corrected chi connectivity index (χ2v) is 5.13. The molecule has 2 aromatic heterocycles. The number of fused-ring (bicyclic) bond motifs is 1. The highest BCUT2D eigenvalue weighted by Crippen LogP contribution is 2.24. The van der Waals surface area contributed by atoms with Crippen LogP contribution in [0.25, 0.3) is 10.9 Å². The van der Waals surface area contributed by atoms with Gasteiger partial charge in [-0.25, -0.2) is 5.10 Å². The second-order valence-electron chi connectivity index (χ2n) is 5.13. The zero-order valence-electron chi connectivity index (χ0n) is 12.4. The summed E-state index contributed by atoms with van der Waals surface area (Å²) in [4.78, 5) is 23.0. The molecule has 0 fully saturated rings. The molecule has 0 saturated carbocycles. The third-order valence-electron chi connectivity index (χ3n) is 3.87. The number of amides is 1. The van der Waals surface area contributed by atoms with Gasteiger partial charge < -0.3 is 9.88 Å². The maximum Gasteiger partial charge on any atom is 0.271 e. The van der Waals surface area contributed by atoms with E-state index in [1.807, 2.05) is 32.2 Å². The van der Waals surface area contributed by atoms with Gasteiger partial charge in [-0.05, 0) is 24.6 Å². The van der Waals surface area contributed by atoms with E-state index in [2.05, 4.69) is 26.1 Å². The van der Waals surface area contributed by atoms with Gasteiger partial charge in [-0.2, -0.15) is 5.10 Å². The number of carbonyl (C=O) groups excluding carboxylic acids is 1. The standard InChI is InChI=1S/C16H16N4O2/c1-10-12(11-5-3-4-6-14(11)20(10)2)9-17-16(22)13-7-8-15(21)19-18-13/h3-8H,9H2,1-2H3,(H,17,22)(H,19,21). The number of aryl methyl sites for hydroxylation is 1. The highest BCUT2D eigenvalue weighted by molar-refractivity contribution is 5.92. The number of carbonyl (C=O) groups is 1. The van der Waals surface area contributed by atoms with Gasteiger partial charge in [-0.1, -0.05) is 18.2 Å². The Morgan fingerprint density at radius 1 is 1.27 bits per heavy atom. The summed E-state index contributed by atoms with van der Waals surface area (Å²) in [7, 11) is 2.01. The van der Waals surface area contributed by atoms with Crippen LogP contribution in [0.3, 0.4) is 0 Å². The van der Waals surface area contributed by atoms with Gasteiger partial charge in [-0.3, -0.25) is 9.59 Å². The second kappa shape index (κ2) is 5.48. The fourth-order valence-corrected chi connectivity index (χ4v) is 2.55. The first kappa shape index (κ1) is 14.1. The maximum atomic E-state index is 12.1. The SMILES string of the molecule is Cc1c(CNC(=O)c2ccc(=O)[nH]n2)c2ccccc2n1C. The van der Waals surface area contributed by atoms with Crippen LogP contribution in [0, 0.1) is 6.92 Å². The topological polar surface area (TPSA) is 79.8 Å². The van der Waals surface area contributed by atoms with E-state index in [9.17, 15) is 9.59 Å². The number of hydrogen-bond donors (Lipinski definition) is 2. The lowest BCUT2D eigenvalue weighted by Crippen LogP contribution is -2.25. The first-order chi connectivity index (χ1) is 10.6. The van der Waals surface area contributed by atoms with Crippen molar-refractivity contribution in [2.24, 2.45) is 7.05 Å². The highest BCUT2D eigenvalue weighted by atomic mass is 16.2. The van der Waals surface area contributed by atoms with E-state index >= 15 is 0 Å². The average molecular weight is 296 g/mol. The van der Waals surface area contributed by atoms with Crippen molar-refractivity contribution < 1.29 is 4.79 Å². The number of benzene rings is 1. The third-order valence-corrected chi connectivity index (χ3v) is 3.87. The number of aromatic nitrogens is 3. The minimum atomic E-state index is -0.332. The van der Waals surface area contributed by atoms with E-state index in [0.29, 0.717) is 6.54 Å². The monoisotopic (exact) mass is 296 g/mol. The molecule has 0 aliphatic carbocycles. The van der Waals surface area contributed by atoms with Crippen LogP contribution < -0.4 is 10.9 Å². The zero-order chi connectivity index (χ0) is 15.7. The number of H-pyrrole nitrogens is 1. The molecule has 2 heterocycles. The lowest BCUT2D eigenvalue weighted by molar-refractivity contribution is 0.0945. The highest BCUT2D eigenvalue weighted by Gasteiger charge is 2.13. The molecule has 3 rings (SSSR count). The quantitative estimate of drug-likeness (QED) is 0.768. The molecular weight excluding hydrogens is 280 g/mol. The van der Waals surface area contributed by atoms with Crippen LogP contribution in [0.15, 0.2) is 41.2 Å². The summed E-state index contributed by atoms with van der Waals surface area (Å²) in [5.41, 5.74) is 3.18. The Morgan fingerprint density at radius 2 is 2.05 bits per heavy atom. The van der Waals surface area contributed by atoms with Crippen molar-refractivity contribution in [2.45, 2.75) is 13.5 Å². The van der Waals surface area contributed by atoms with Crippen LogP contribution in [0.2, 0.25) is 0 Å². The van der Waals surface area contributed by atoms with E-state index in [4.69, 9.17) is 0 Å². The van der Waals surface area contributed by atoms with E-state index in [1.54, 1.807) is 0 Å². The molecule has 1 aromatic carbocycles. The van der Waals surface area contributed by atoms with Crippen LogP contribution in [0.1, 0.15) is 21.7 Å². The fraction of sp³-hybridized carbons (Fsp3) is 0.188. The molecule has 0 spiro atoms. The molecule has 0 radical (unpaired) electrons. The van der Waals surface area contributed by atoms with Crippen LogP contribution in [-0.4, -0.2) is 20.7 Å². The van der Waals surface area contributed by atoms with E-state index in [-0.39, 0.29) is 17.2 Å². The average Bonchev–Trinajstić information content (AvgIpc) is 2.78. The summed E-state index contributed by atoms with van der Waals surface area (Å²) in [5, 5.41) is 9.95. The molecule has 0 aliphatic heterocycles. The molecule has 6 nitrogen and oxygen atoms in total. The fourth-order valence-electron chi connectivity index (χ4n) is 2.55. The van der Waals surface area contributed by atoms with Crippen LogP contribution in [0.5, 0.6) is 0 Å². The van der Waals surface area contributed by atoms with Crippen molar-refractivity contribution in [2.75, 3.05) is 0 Å². The van der Waals surface area contributed by atoms with Crippen LogP contribution >= 0.6 is 0 Å². The predicted octanol–water partition coefficient (Wildman–Crippen LogP) is 1.50. The summed E-state index contributed by atoms with van der Waals surface area (Å²) in [6, 6.07) is 10.8. The van der Waals surface area contributed by atoms with Gasteiger partial charge in [0.15, 0.2) is 0 Å². The Kier molecular flexibility index (Phi) is 3.50. The first-order valence-electron chi connectivity index (χ1n) is 6.95. The van der Waals surface area contributed by atoms with Crippen LogP contribution in [0.4, 0.5) is 0 Å². The zero-order valence-corrected chi connectivity index (χ0v) is 12.4. The van der Waals surface area contributed by atoms with Gasteiger partial charge in [-0.15, -0.1) is 0 Å². The van der Waals surface area contributed by atoms with Crippen molar-refractivity contribution in [3.05, 3.63) is 63.7 Å². The van der Waals surface area contributed by atoms with Crippen LogP contribution in [-0.2, 0) is 13.6 Å². The molecule has 0 atom stereocenters. The van der Waals surface area contributed by atoms with Gasteiger partial charge >= 0.3 is 0 Å². The molecule has 22 heavy (non-hydrogen) atoms. The molecule has 0 unspecified atom stereocenters. The number of nitrogens with zero attached hydrogens (tertiary/aromatic N) is 2. The van der Waals surface area contributed by atoms with Gasteiger partial charge in [0.25, 0.3) is 11.5 Å². The van der Waals surface area contributed by atoms with Crippen molar-refractivity contribution >= 4 is 16.8 Å². The number of nitrogens with one attached hydrogen (secondary N) is 2. The molecule has 0 bridgehead atoms. The van der Waals surface area contributed by atoms with Gasteiger partial charge in [0, 0.05) is 36.3 Å². The molecular formula is C16H16N4O2. The summed E-state index contributed by atoms with van der Waals surface area (Å²) in [6.07, 6.45) is 0. The lowest BCUT2D eigenvalue weighted by atomic mass is 10.1. The minimum absolute atomic E-state index is 0.192. The van der Waals surface area contributed by atoms with E-state index < -0.39 is 0 Å². The Morgan fingerprint density at radius 3 is 2.77 bits per heavy atom. The summed E-state index contributed by atoms with van der Waals surface area (Å²) < 4.78 is 2.11. The Hall–Kier alpha value is -2.89. The first-order valence-corrected chi connectivity index (χ1v) is 6.95. The molecule has 0 aliphatic rings. The minimum Gasteiger partial charge on any atom is -0.348 e. The molecule has 1 amide bonds. The summed E-state index contributed by atoms with van der Waals surface area (Å²) >= 11 is 0. The Bertz CT molecular complexity index is 888. The van der Waals surface area contributed by atoms with Gasteiger partial charge in [0.1, 0.15) is 5.69 Å². The summed E-state index contributed by atoms with van der Waals surface area (Å²) in [6.45, 7) is 2.44. The molecule has 6 heteroatoms. The van der Waals surface area contributed by atoms with E-state index in [1.165, 1.54) is 12.1 Å². The van der Waals surface area contributed by atoms with Gasteiger partial charge in [0.2, 0.25) is 0 Å². The van der Waals surface area contributed by atoms with Crippen molar-refractivity contribution in [1.82, 2.24) is 20.1 Å². The molecule has 2 N–H and O–H groups in total. The predicted molar refractivity (Wildman–Crippen MR) is 83.7 cm³/mol. The Balaban J connectivity index is 1.85. The largest absolute Gasteiger partial charge is 0.348 e. The van der Waals surface area contributed by atoms with E-state index in [0.717, 1.165) is 22.2 Å². The summed E-state index contributed by atoms with van der Waals surface area (Å²) in [5.74, 6) is -0.316. The molecule has 0 saturated heterocycles. The Labute approximate surface area is 126 Å². The van der Waals surface area contributed by atoms with Crippen molar-refractivity contribution in [1.29, 1.82) is 0 Å². The number of rotatable bonds is 3. The molecule has 112 valence electrons. The number of hydrogen-bond acceptors (Lipinski definition) is 3. The number of para-hydroxylation sites is 1. The lowest BCUT2D eigenvalue weighted by Gasteiger charge is -2.05. The van der Waals surface area contributed by atoms with Gasteiger partial charge in [0.05, 0.1) is 0 Å². The number of aromatic amines is 1. The maximum absolute atomic E-state index is 12.1. The third kappa shape index (κ3) is 2.39. The smallest absolute Gasteiger partial charge is 0.271 e.